The molecule has 0 spiro atoms. The first kappa shape index (κ1) is 10.2. The molecule has 1 aromatic carbocycles. The second-order valence-corrected chi connectivity index (χ2v) is 3.05. The van der Waals surface area contributed by atoms with Crippen LogP contribution in [0.5, 0.6) is 5.75 Å². The normalized spacial score (nSPS) is 10.1. The predicted molar refractivity (Wildman–Crippen MR) is 54.4 cm³/mol. The fourth-order valence-electron chi connectivity index (χ4n) is 1.13. The number of esters is 1. The van der Waals surface area contributed by atoms with Crippen molar-refractivity contribution in [2.75, 3.05) is 5.73 Å². The Bertz CT molecular complexity index is 524. The van der Waals surface area contributed by atoms with Gasteiger partial charge in [0.25, 0.3) is 0 Å². The molecule has 0 fully saturated rings. The molecule has 2 rings (SSSR count). The van der Waals surface area contributed by atoms with Gasteiger partial charge in [0, 0.05) is 12.1 Å². The second-order valence-electron chi connectivity index (χ2n) is 3.05. The fraction of sp³-hybridized carbons (Fsp3) is 0. The zero-order chi connectivity index (χ0) is 11.5. The van der Waals surface area contributed by atoms with Gasteiger partial charge < -0.3 is 10.5 Å². The van der Waals surface area contributed by atoms with Gasteiger partial charge in [-0.2, -0.15) is 5.10 Å². The number of nitrogens with one attached hydrogen (secondary N) is 1. The lowest BCUT2D eigenvalue weighted by atomic mass is 10.3. The maximum atomic E-state index is 12.8. The van der Waals surface area contributed by atoms with Crippen molar-refractivity contribution in [3.63, 3.8) is 0 Å². The Balaban J connectivity index is 2.13. The zero-order valence-electron chi connectivity index (χ0n) is 8.11. The van der Waals surface area contributed by atoms with Crippen molar-refractivity contribution < 1.29 is 13.9 Å². The van der Waals surface area contributed by atoms with Gasteiger partial charge in [-0.1, -0.05) is 6.07 Å². The number of nitrogens with zero attached hydrogens (tertiary/aromatic N) is 1. The molecule has 0 atom stereocenters. The topological polar surface area (TPSA) is 81.0 Å². The molecule has 16 heavy (non-hydrogen) atoms. The summed E-state index contributed by atoms with van der Waals surface area (Å²) in [7, 11) is 0. The number of nitrogen functional groups attached to an aromatic ring is 1. The third kappa shape index (κ3) is 2.17. The average Bonchev–Trinajstić information content (AvgIpc) is 2.65. The number of H-pyrrole nitrogens is 1. The summed E-state index contributed by atoms with van der Waals surface area (Å²) in [5.41, 5.74) is 5.44. The summed E-state index contributed by atoms with van der Waals surface area (Å²) in [4.78, 5) is 11.5. The highest BCUT2D eigenvalue weighted by Crippen LogP contribution is 2.14. The monoisotopic (exact) mass is 221 g/mol. The molecule has 0 saturated carbocycles. The number of benzene rings is 1. The molecule has 1 aromatic heterocycles. The van der Waals surface area contributed by atoms with Gasteiger partial charge in [-0.15, -0.1) is 0 Å². The highest BCUT2D eigenvalue weighted by molar-refractivity contribution is 5.89. The smallest absolute Gasteiger partial charge is 0.361 e. The number of ether oxygens (including phenoxy) is 1. The van der Waals surface area contributed by atoms with Crippen molar-refractivity contribution in [3.8, 4) is 5.75 Å². The number of hydrogen-bond acceptors (Lipinski definition) is 4. The van der Waals surface area contributed by atoms with Crippen LogP contribution in [0.4, 0.5) is 10.2 Å². The first-order chi connectivity index (χ1) is 7.65. The Morgan fingerprint density at radius 2 is 2.25 bits per heavy atom. The van der Waals surface area contributed by atoms with Gasteiger partial charge in [-0.3, -0.25) is 5.10 Å². The largest absolute Gasteiger partial charge is 0.422 e. The van der Waals surface area contributed by atoms with Gasteiger partial charge in [-0.25, -0.2) is 9.18 Å². The molecule has 0 aliphatic heterocycles. The van der Waals surface area contributed by atoms with E-state index in [1.807, 2.05) is 0 Å². The highest BCUT2D eigenvalue weighted by atomic mass is 19.1. The highest BCUT2D eigenvalue weighted by Gasteiger charge is 2.11. The molecule has 2 aromatic rings. The molecule has 1 heterocycles. The molecule has 5 nitrogen and oxygen atoms in total. The van der Waals surface area contributed by atoms with E-state index in [-0.39, 0.29) is 17.3 Å². The van der Waals surface area contributed by atoms with E-state index in [1.165, 1.54) is 24.3 Å². The van der Waals surface area contributed by atoms with Crippen LogP contribution in [0.2, 0.25) is 0 Å². The predicted octanol–water partition coefficient (Wildman–Crippen LogP) is 1.35. The van der Waals surface area contributed by atoms with E-state index >= 15 is 0 Å². The molecule has 6 heteroatoms. The van der Waals surface area contributed by atoms with Crippen LogP contribution in [0, 0.1) is 5.82 Å². The van der Waals surface area contributed by atoms with E-state index in [9.17, 15) is 9.18 Å². The van der Waals surface area contributed by atoms with Crippen LogP contribution in [-0.4, -0.2) is 16.2 Å². The summed E-state index contributed by atoms with van der Waals surface area (Å²) in [5, 5.41) is 5.97. The number of carbonyl (C=O) groups is 1. The van der Waals surface area contributed by atoms with Crippen LogP contribution in [0.1, 0.15) is 10.5 Å². The van der Waals surface area contributed by atoms with Crippen LogP contribution in [0.25, 0.3) is 0 Å². The Morgan fingerprint density at radius 1 is 1.44 bits per heavy atom. The second kappa shape index (κ2) is 4.01. The lowest BCUT2D eigenvalue weighted by Crippen LogP contribution is -2.09. The molecule has 0 aliphatic rings. The summed E-state index contributed by atoms with van der Waals surface area (Å²) in [6.07, 6.45) is 0. The number of halogens is 1. The number of rotatable bonds is 2. The molecular formula is C10H8FN3O2. The minimum absolute atomic E-state index is 0.113. The summed E-state index contributed by atoms with van der Waals surface area (Å²) < 4.78 is 17.7. The first-order valence-corrected chi connectivity index (χ1v) is 4.44. The SMILES string of the molecule is Nc1cc(C(=O)Oc2cccc(F)c2)[nH]n1. The van der Waals surface area contributed by atoms with Gasteiger partial charge in [-0.05, 0) is 12.1 Å². The van der Waals surface area contributed by atoms with E-state index in [1.54, 1.807) is 0 Å². The number of aromatic amines is 1. The van der Waals surface area contributed by atoms with Crippen molar-refractivity contribution in [1.29, 1.82) is 0 Å². The molecule has 0 unspecified atom stereocenters. The van der Waals surface area contributed by atoms with Crippen molar-refractivity contribution >= 4 is 11.8 Å². The zero-order valence-corrected chi connectivity index (χ0v) is 8.11. The summed E-state index contributed by atoms with van der Waals surface area (Å²) in [6.45, 7) is 0. The van der Waals surface area contributed by atoms with Crippen molar-refractivity contribution in [2.45, 2.75) is 0 Å². The van der Waals surface area contributed by atoms with Crippen molar-refractivity contribution in [1.82, 2.24) is 10.2 Å². The van der Waals surface area contributed by atoms with E-state index in [0.717, 1.165) is 6.07 Å². The molecule has 82 valence electrons. The van der Waals surface area contributed by atoms with E-state index < -0.39 is 11.8 Å². The molecule has 0 bridgehead atoms. The van der Waals surface area contributed by atoms with Gasteiger partial charge in [0.05, 0.1) is 0 Å². The van der Waals surface area contributed by atoms with Gasteiger partial charge in [0.15, 0.2) is 0 Å². The third-order valence-corrected chi connectivity index (χ3v) is 1.82. The molecule has 3 N–H and O–H groups in total. The van der Waals surface area contributed by atoms with E-state index in [0.29, 0.717) is 0 Å². The molecule has 0 aliphatic carbocycles. The number of aromatic nitrogens is 2. The molecule has 0 amide bonds. The maximum Gasteiger partial charge on any atom is 0.361 e. The van der Waals surface area contributed by atoms with Gasteiger partial charge >= 0.3 is 5.97 Å². The lowest BCUT2D eigenvalue weighted by Gasteiger charge is -2.01. The van der Waals surface area contributed by atoms with Gasteiger partial charge in [0.1, 0.15) is 23.1 Å². The van der Waals surface area contributed by atoms with E-state index in [2.05, 4.69) is 10.2 Å². The van der Waals surface area contributed by atoms with Crippen LogP contribution in [0.15, 0.2) is 30.3 Å². The van der Waals surface area contributed by atoms with Crippen LogP contribution < -0.4 is 10.5 Å². The minimum Gasteiger partial charge on any atom is -0.422 e. The van der Waals surface area contributed by atoms with Crippen molar-refractivity contribution in [2.24, 2.45) is 0 Å². The fourth-order valence-corrected chi connectivity index (χ4v) is 1.13. The molecule has 0 saturated heterocycles. The maximum absolute atomic E-state index is 12.8. The summed E-state index contributed by atoms with van der Waals surface area (Å²) in [6, 6.07) is 6.62. The Kier molecular flexibility index (Phi) is 2.55. The van der Waals surface area contributed by atoms with Crippen LogP contribution in [-0.2, 0) is 0 Å². The van der Waals surface area contributed by atoms with Gasteiger partial charge in [0.2, 0.25) is 0 Å². The summed E-state index contributed by atoms with van der Waals surface area (Å²) >= 11 is 0. The van der Waals surface area contributed by atoms with Crippen molar-refractivity contribution in [3.05, 3.63) is 41.8 Å². The number of anilines is 1. The number of hydrogen-bond donors (Lipinski definition) is 2. The minimum atomic E-state index is -0.671. The molecule has 0 radical (unpaired) electrons. The van der Waals surface area contributed by atoms with Crippen LogP contribution >= 0.6 is 0 Å². The standard InChI is InChI=1S/C10H8FN3O2/c11-6-2-1-3-7(4-6)16-10(15)8-5-9(12)14-13-8/h1-5H,(H3,12,13,14). The number of carbonyl (C=O) groups excluding carboxylic acids is 1. The Morgan fingerprint density at radius 3 is 2.88 bits per heavy atom. The average molecular weight is 221 g/mol. The Labute approximate surface area is 90.0 Å². The van der Waals surface area contributed by atoms with E-state index in [4.69, 9.17) is 10.5 Å². The molecular weight excluding hydrogens is 213 g/mol. The summed E-state index contributed by atoms with van der Waals surface area (Å²) in [5.74, 6) is -0.839. The first-order valence-electron chi connectivity index (χ1n) is 4.44. The third-order valence-electron chi connectivity index (χ3n) is 1.82. The lowest BCUT2D eigenvalue weighted by molar-refractivity contribution is 0.0728. The van der Waals surface area contributed by atoms with Crippen LogP contribution in [0.3, 0.4) is 0 Å². The Hall–Kier alpha value is -2.37. The number of nitrogens with two attached hydrogens (primary N) is 1. The quantitative estimate of drug-likeness (QED) is 0.592.